The minimum Gasteiger partial charge on any atom is -0.476 e. The van der Waals surface area contributed by atoms with Crippen LogP contribution in [0.4, 0.5) is 5.69 Å². The summed E-state index contributed by atoms with van der Waals surface area (Å²) < 4.78 is 11.7. The molecule has 0 aliphatic carbocycles. The van der Waals surface area contributed by atoms with Crippen LogP contribution in [0.25, 0.3) is 0 Å². The lowest BCUT2D eigenvalue weighted by Gasteiger charge is -2.39. The maximum absolute atomic E-state index is 12.5. The summed E-state index contributed by atoms with van der Waals surface area (Å²) in [4.78, 5) is 22.1. The van der Waals surface area contributed by atoms with Gasteiger partial charge in [-0.2, -0.15) is 0 Å². The summed E-state index contributed by atoms with van der Waals surface area (Å²) in [5.74, 6) is 0.958. The van der Waals surface area contributed by atoms with E-state index in [4.69, 9.17) is 14.3 Å². The third kappa shape index (κ3) is 4.72. The number of hydrogen-bond donors (Lipinski definition) is 0. The van der Waals surface area contributed by atoms with Gasteiger partial charge in [-0.05, 0) is 50.2 Å². The molecular weight excluding hydrogens is 394 g/mol. The van der Waals surface area contributed by atoms with Crippen molar-refractivity contribution in [3.8, 4) is 0 Å². The minimum atomic E-state index is 0.270. The zero-order chi connectivity index (χ0) is 21.0. The van der Waals surface area contributed by atoms with Crippen LogP contribution in [0, 0.1) is 0 Å². The number of amides is 1. The molecule has 0 unspecified atom stereocenters. The largest absolute Gasteiger partial charge is 0.476 e. The molecule has 1 amide bonds. The molecule has 1 aromatic rings. The van der Waals surface area contributed by atoms with Crippen molar-refractivity contribution in [2.75, 3.05) is 37.8 Å². The van der Waals surface area contributed by atoms with Crippen LogP contribution in [0.15, 0.2) is 29.4 Å². The number of aryl methyl sites for hydroxylation is 1. The van der Waals surface area contributed by atoms with Crippen LogP contribution >= 0.6 is 0 Å². The number of piperidine rings is 1. The van der Waals surface area contributed by atoms with Gasteiger partial charge in [0.05, 0.1) is 19.1 Å². The van der Waals surface area contributed by atoms with Gasteiger partial charge in [0.1, 0.15) is 13.2 Å². The van der Waals surface area contributed by atoms with Gasteiger partial charge in [-0.3, -0.25) is 9.69 Å². The maximum Gasteiger partial charge on any atom is 0.229 e. The molecule has 1 aromatic carbocycles. The maximum atomic E-state index is 12.5. The fourth-order valence-corrected chi connectivity index (χ4v) is 5.65. The molecule has 0 spiro atoms. The zero-order valence-corrected chi connectivity index (χ0v) is 18.2. The number of oxime groups is 1. The number of rotatable bonds is 8. The van der Waals surface area contributed by atoms with Crippen molar-refractivity contribution < 1.29 is 19.1 Å². The Balaban J connectivity index is 1.06. The molecule has 7 nitrogen and oxygen atoms in total. The van der Waals surface area contributed by atoms with Gasteiger partial charge in [-0.25, -0.2) is 0 Å². The van der Waals surface area contributed by atoms with Gasteiger partial charge in [0.15, 0.2) is 0 Å². The van der Waals surface area contributed by atoms with Crippen LogP contribution in [0.5, 0.6) is 0 Å². The van der Waals surface area contributed by atoms with Gasteiger partial charge < -0.3 is 19.2 Å². The Hall–Kier alpha value is -2.12. The van der Waals surface area contributed by atoms with Gasteiger partial charge >= 0.3 is 0 Å². The Morgan fingerprint density at radius 1 is 1.03 bits per heavy atom. The van der Waals surface area contributed by atoms with Crippen molar-refractivity contribution in [2.24, 2.45) is 5.16 Å². The van der Waals surface area contributed by atoms with E-state index in [9.17, 15) is 4.79 Å². The molecule has 0 aromatic heterocycles. The number of carbonyl (C=O) groups excluding carboxylic acids is 1. The first-order valence-electron chi connectivity index (χ1n) is 11.8. The first-order valence-corrected chi connectivity index (χ1v) is 11.8. The minimum absolute atomic E-state index is 0.270. The van der Waals surface area contributed by atoms with Crippen LogP contribution in [0.1, 0.15) is 50.5 Å². The number of benzene rings is 1. The van der Waals surface area contributed by atoms with Gasteiger partial charge in [0.25, 0.3) is 0 Å². The van der Waals surface area contributed by atoms with Crippen molar-refractivity contribution in [1.29, 1.82) is 0 Å². The average Bonchev–Trinajstić information content (AvgIpc) is 3.38. The van der Waals surface area contributed by atoms with Gasteiger partial charge in [0.2, 0.25) is 11.8 Å². The lowest BCUT2D eigenvalue weighted by atomic mass is 9.99. The molecule has 31 heavy (non-hydrogen) atoms. The second kappa shape index (κ2) is 9.57. The van der Waals surface area contributed by atoms with Crippen LogP contribution in [-0.2, 0) is 25.5 Å². The van der Waals surface area contributed by atoms with E-state index in [1.165, 1.54) is 18.4 Å². The highest BCUT2D eigenvalue weighted by Crippen LogP contribution is 2.37. The molecule has 4 aliphatic heterocycles. The van der Waals surface area contributed by atoms with Gasteiger partial charge in [0, 0.05) is 37.3 Å². The van der Waals surface area contributed by atoms with Crippen LogP contribution < -0.4 is 4.90 Å². The molecule has 0 saturated carbocycles. The van der Waals surface area contributed by atoms with E-state index in [1.54, 1.807) is 0 Å². The molecule has 3 atom stereocenters. The van der Waals surface area contributed by atoms with Crippen LogP contribution in [-0.4, -0.2) is 67.8 Å². The van der Waals surface area contributed by atoms with E-state index < -0.39 is 0 Å². The molecule has 2 bridgehead atoms. The number of nitrogens with zero attached hydrogens (tertiary/aromatic N) is 3. The summed E-state index contributed by atoms with van der Waals surface area (Å²) in [6, 6.07) is 9.58. The normalized spacial score (nSPS) is 27.7. The van der Waals surface area contributed by atoms with E-state index in [0.29, 0.717) is 50.3 Å². The van der Waals surface area contributed by atoms with Gasteiger partial charge in [-0.15, -0.1) is 0 Å². The van der Waals surface area contributed by atoms with E-state index >= 15 is 0 Å². The predicted molar refractivity (Wildman–Crippen MR) is 118 cm³/mol. The Labute approximate surface area is 184 Å². The van der Waals surface area contributed by atoms with Crippen molar-refractivity contribution in [1.82, 2.24) is 4.90 Å². The lowest BCUT2D eigenvalue weighted by molar-refractivity contribution is -0.118. The summed E-state index contributed by atoms with van der Waals surface area (Å²) in [7, 11) is 0. The zero-order valence-electron chi connectivity index (χ0n) is 18.2. The van der Waals surface area contributed by atoms with Crippen LogP contribution in [0.2, 0.25) is 0 Å². The number of hydrogen-bond acceptors (Lipinski definition) is 6. The summed E-state index contributed by atoms with van der Waals surface area (Å²) in [5.41, 5.74) is 2.42. The number of fused-ring (bicyclic) bond motifs is 3. The standard InChI is InChI=1S/C24H33N3O4/c28-24-9-6-18-4-1-2-5-22(18)27(24)12-3-11-26-19-7-8-20(26)17-21(16-19)29-14-15-30-23-10-13-31-25-23/h1-2,4-5,19-21H,3,6-17H2/t19-,20+,21+. The molecule has 4 aliphatic rings. The van der Waals surface area contributed by atoms with E-state index in [1.807, 2.05) is 11.0 Å². The van der Waals surface area contributed by atoms with Crippen molar-refractivity contribution in [3.05, 3.63) is 29.8 Å². The number of anilines is 1. The fourth-order valence-electron chi connectivity index (χ4n) is 5.65. The molecule has 4 heterocycles. The topological polar surface area (TPSA) is 63.6 Å². The quantitative estimate of drug-likeness (QED) is 0.597. The molecule has 5 rings (SSSR count). The number of carbonyl (C=O) groups is 1. The Morgan fingerprint density at radius 3 is 2.68 bits per heavy atom. The van der Waals surface area contributed by atoms with E-state index in [2.05, 4.69) is 28.3 Å². The summed E-state index contributed by atoms with van der Waals surface area (Å²) >= 11 is 0. The second-order valence-electron chi connectivity index (χ2n) is 9.03. The number of para-hydroxylation sites is 1. The van der Waals surface area contributed by atoms with Crippen LogP contribution in [0.3, 0.4) is 0 Å². The van der Waals surface area contributed by atoms with Crippen molar-refractivity contribution >= 4 is 17.5 Å². The van der Waals surface area contributed by atoms with E-state index in [0.717, 1.165) is 50.9 Å². The molecule has 2 saturated heterocycles. The smallest absolute Gasteiger partial charge is 0.229 e. The molecular formula is C24H33N3O4. The van der Waals surface area contributed by atoms with Crippen molar-refractivity contribution in [2.45, 2.75) is 69.6 Å². The molecule has 0 N–H and O–H groups in total. The first kappa shape index (κ1) is 20.8. The molecule has 0 radical (unpaired) electrons. The van der Waals surface area contributed by atoms with E-state index in [-0.39, 0.29) is 5.91 Å². The predicted octanol–water partition coefficient (Wildman–Crippen LogP) is 3.12. The summed E-state index contributed by atoms with van der Waals surface area (Å²) in [6.45, 7) is 3.66. The highest BCUT2D eigenvalue weighted by atomic mass is 16.7. The highest BCUT2D eigenvalue weighted by molar-refractivity contribution is 5.96. The Kier molecular flexibility index (Phi) is 6.41. The fraction of sp³-hybridized carbons (Fsp3) is 0.667. The third-order valence-corrected chi connectivity index (χ3v) is 7.11. The summed E-state index contributed by atoms with van der Waals surface area (Å²) in [6.07, 6.45) is 8.35. The molecule has 168 valence electrons. The average molecular weight is 428 g/mol. The summed E-state index contributed by atoms with van der Waals surface area (Å²) in [5, 5.41) is 3.85. The highest BCUT2D eigenvalue weighted by Gasteiger charge is 2.40. The van der Waals surface area contributed by atoms with Crippen molar-refractivity contribution in [3.63, 3.8) is 0 Å². The Morgan fingerprint density at radius 2 is 1.87 bits per heavy atom. The second-order valence-corrected chi connectivity index (χ2v) is 9.03. The van der Waals surface area contributed by atoms with Gasteiger partial charge in [-0.1, -0.05) is 23.4 Å². The molecule has 2 fully saturated rings. The lowest BCUT2D eigenvalue weighted by Crippen LogP contribution is -2.47. The third-order valence-electron chi connectivity index (χ3n) is 7.11. The molecule has 7 heteroatoms. The number of ether oxygens (including phenoxy) is 2. The monoisotopic (exact) mass is 427 g/mol. The first-order chi connectivity index (χ1) is 15.3. The Bertz CT molecular complexity index is 800. The SMILES string of the molecule is O=C1CCc2ccccc2N1CCCN1[C@@H]2CC[C@H]1C[C@@H](OCCOC1=NOCC1)C2.